The number of methoxy groups -OCH3 is 1. The molecule has 0 aliphatic heterocycles. The molecule has 106 valence electrons. The highest BCUT2D eigenvalue weighted by molar-refractivity contribution is 5.54. The average molecular weight is 271 g/mol. The van der Waals surface area contributed by atoms with Gasteiger partial charge in [-0.25, -0.2) is 0 Å². The summed E-state index contributed by atoms with van der Waals surface area (Å²) in [6, 6.07) is 14.0. The molecule has 3 heteroatoms. The Hall–Kier alpha value is -2.16. The van der Waals surface area contributed by atoms with Crippen LogP contribution in [0.5, 0.6) is 11.5 Å². The molecule has 2 aromatic carbocycles. The Balaban J connectivity index is 1.88. The summed E-state index contributed by atoms with van der Waals surface area (Å²) in [6.45, 7) is 2.72. The number of anilines is 1. The van der Waals surface area contributed by atoms with Crippen LogP contribution in [-0.2, 0) is 12.8 Å². The van der Waals surface area contributed by atoms with Crippen LogP contribution in [0.1, 0.15) is 18.1 Å². The number of rotatable bonds is 6. The van der Waals surface area contributed by atoms with Crippen LogP contribution in [0.2, 0.25) is 0 Å². The molecule has 0 saturated carbocycles. The number of hydrogen-bond donors (Lipinski definition) is 1. The lowest BCUT2D eigenvalue weighted by Crippen LogP contribution is -2.03. The second kappa shape index (κ2) is 6.85. The molecule has 20 heavy (non-hydrogen) atoms. The molecular weight excluding hydrogens is 250 g/mol. The van der Waals surface area contributed by atoms with Crippen LogP contribution in [0, 0.1) is 0 Å². The van der Waals surface area contributed by atoms with Crippen molar-refractivity contribution in [3.8, 4) is 11.5 Å². The van der Waals surface area contributed by atoms with Gasteiger partial charge in [0.25, 0.3) is 0 Å². The lowest BCUT2D eigenvalue weighted by Gasteiger charge is -2.10. The number of hydrogen-bond acceptors (Lipinski definition) is 3. The fourth-order valence-corrected chi connectivity index (χ4v) is 2.02. The minimum absolute atomic E-state index is 0.613. The lowest BCUT2D eigenvalue weighted by atomic mass is 10.1. The summed E-state index contributed by atoms with van der Waals surface area (Å²) >= 11 is 0. The Labute approximate surface area is 120 Å². The Morgan fingerprint density at radius 2 is 1.70 bits per heavy atom. The Kier molecular flexibility index (Phi) is 4.88. The zero-order valence-electron chi connectivity index (χ0n) is 12.1. The third-order valence-corrected chi connectivity index (χ3v) is 3.29. The average Bonchev–Trinajstić information content (AvgIpc) is 2.49. The van der Waals surface area contributed by atoms with Crippen molar-refractivity contribution in [2.75, 3.05) is 19.5 Å². The van der Waals surface area contributed by atoms with E-state index in [0.29, 0.717) is 12.3 Å². The first-order chi connectivity index (χ1) is 9.72. The van der Waals surface area contributed by atoms with Crippen LogP contribution in [-0.4, -0.2) is 13.7 Å². The first-order valence-corrected chi connectivity index (χ1v) is 6.87. The second-order valence-electron chi connectivity index (χ2n) is 4.67. The van der Waals surface area contributed by atoms with Gasteiger partial charge in [0.2, 0.25) is 0 Å². The van der Waals surface area contributed by atoms with Crippen LogP contribution in [0.25, 0.3) is 0 Å². The summed E-state index contributed by atoms with van der Waals surface area (Å²) in [5.74, 6) is 1.63. The van der Waals surface area contributed by atoms with Crippen molar-refractivity contribution in [3.05, 3.63) is 53.6 Å². The van der Waals surface area contributed by atoms with Crippen LogP contribution >= 0.6 is 0 Å². The zero-order chi connectivity index (χ0) is 14.4. The number of benzene rings is 2. The molecule has 2 aromatic rings. The summed E-state index contributed by atoms with van der Waals surface area (Å²) < 4.78 is 10.9. The molecule has 2 N–H and O–H groups in total. The van der Waals surface area contributed by atoms with E-state index >= 15 is 0 Å². The maximum Gasteiger partial charge on any atom is 0.142 e. The topological polar surface area (TPSA) is 44.5 Å². The second-order valence-corrected chi connectivity index (χ2v) is 4.67. The molecule has 0 spiro atoms. The summed E-state index contributed by atoms with van der Waals surface area (Å²) in [4.78, 5) is 0. The molecule has 0 saturated heterocycles. The standard InChI is InChI=1S/C17H21NO2/c1-3-13-6-9-17(16(18)12-13)20-11-10-14-4-7-15(19-2)8-5-14/h4-9,12H,3,10-11,18H2,1-2H3. The van der Waals surface area contributed by atoms with Crippen LogP contribution in [0.4, 0.5) is 5.69 Å². The van der Waals surface area contributed by atoms with Gasteiger partial charge in [0.05, 0.1) is 19.4 Å². The zero-order valence-corrected chi connectivity index (χ0v) is 12.1. The van der Waals surface area contributed by atoms with E-state index in [9.17, 15) is 0 Å². The molecule has 0 atom stereocenters. The summed E-state index contributed by atoms with van der Waals surface area (Å²) in [7, 11) is 1.67. The van der Waals surface area contributed by atoms with E-state index in [1.807, 2.05) is 36.4 Å². The van der Waals surface area contributed by atoms with Crippen molar-refractivity contribution in [2.24, 2.45) is 0 Å². The molecule has 0 amide bonds. The highest BCUT2D eigenvalue weighted by Crippen LogP contribution is 2.23. The van der Waals surface area contributed by atoms with Crippen LogP contribution < -0.4 is 15.2 Å². The van der Waals surface area contributed by atoms with E-state index in [0.717, 1.165) is 24.3 Å². The van der Waals surface area contributed by atoms with Crippen LogP contribution in [0.3, 0.4) is 0 Å². The molecule has 0 bridgehead atoms. The van der Waals surface area contributed by atoms with E-state index in [2.05, 4.69) is 13.0 Å². The van der Waals surface area contributed by atoms with Gasteiger partial charge in [-0.15, -0.1) is 0 Å². The third kappa shape index (κ3) is 3.67. The number of aryl methyl sites for hydroxylation is 1. The molecule has 0 aliphatic carbocycles. The van der Waals surface area contributed by atoms with Crippen molar-refractivity contribution in [3.63, 3.8) is 0 Å². The normalized spacial score (nSPS) is 10.3. The molecule has 0 heterocycles. The Bertz CT molecular complexity index is 549. The van der Waals surface area contributed by atoms with Gasteiger partial charge in [-0.3, -0.25) is 0 Å². The molecular formula is C17H21NO2. The molecule has 3 nitrogen and oxygen atoms in total. The molecule has 2 rings (SSSR count). The van der Waals surface area contributed by atoms with E-state index in [1.54, 1.807) is 7.11 Å². The van der Waals surface area contributed by atoms with E-state index in [4.69, 9.17) is 15.2 Å². The monoisotopic (exact) mass is 271 g/mol. The van der Waals surface area contributed by atoms with Crippen molar-refractivity contribution < 1.29 is 9.47 Å². The van der Waals surface area contributed by atoms with Crippen LogP contribution in [0.15, 0.2) is 42.5 Å². The lowest BCUT2D eigenvalue weighted by molar-refractivity contribution is 0.323. The van der Waals surface area contributed by atoms with Crippen molar-refractivity contribution >= 4 is 5.69 Å². The minimum atomic E-state index is 0.613. The molecule has 0 aliphatic rings. The van der Waals surface area contributed by atoms with E-state index in [-0.39, 0.29) is 0 Å². The number of ether oxygens (including phenoxy) is 2. The Morgan fingerprint density at radius 3 is 2.30 bits per heavy atom. The van der Waals surface area contributed by atoms with Gasteiger partial charge in [-0.2, -0.15) is 0 Å². The SMILES string of the molecule is CCc1ccc(OCCc2ccc(OC)cc2)c(N)c1. The van der Waals surface area contributed by atoms with Crippen molar-refractivity contribution in [1.82, 2.24) is 0 Å². The smallest absolute Gasteiger partial charge is 0.142 e. The first kappa shape index (κ1) is 14.3. The first-order valence-electron chi connectivity index (χ1n) is 6.87. The van der Waals surface area contributed by atoms with Gasteiger partial charge in [-0.05, 0) is 41.8 Å². The van der Waals surface area contributed by atoms with Gasteiger partial charge in [0.1, 0.15) is 11.5 Å². The van der Waals surface area contributed by atoms with Crippen molar-refractivity contribution in [1.29, 1.82) is 0 Å². The van der Waals surface area contributed by atoms with Gasteiger partial charge >= 0.3 is 0 Å². The molecule has 0 aromatic heterocycles. The molecule has 0 unspecified atom stereocenters. The fourth-order valence-electron chi connectivity index (χ4n) is 2.02. The molecule has 0 fully saturated rings. The number of nitrogens with two attached hydrogens (primary N) is 1. The van der Waals surface area contributed by atoms with Gasteiger partial charge < -0.3 is 15.2 Å². The van der Waals surface area contributed by atoms with Gasteiger partial charge in [-0.1, -0.05) is 25.1 Å². The minimum Gasteiger partial charge on any atom is -0.497 e. The third-order valence-electron chi connectivity index (χ3n) is 3.29. The maximum atomic E-state index is 5.97. The van der Waals surface area contributed by atoms with E-state index in [1.165, 1.54) is 11.1 Å². The molecule has 0 radical (unpaired) electrons. The van der Waals surface area contributed by atoms with Gasteiger partial charge in [0, 0.05) is 6.42 Å². The van der Waals surface area contributed by atoms with Gasteiger partial charge in [0.15, 0.2) is 0 Å². The largest absolute Gasteiger partial charge is 0.497 e. The predicted octanol–water partition coefficient (Wildman–Crippen LogP) is 3.46. The summed E-state index contributed by atoms with van der Waals surface area (Å²) in [5.41, 5.74) is 9.12. The maximum absolute atomic E-state index is 5.97. The number of nitrogen functional groups attached to an aromatic ring is 1. The quantitative estimate of drug-likeness (QED) is 0.818. The predicted molar refractivity (Wildman–Crippen MR) is 82.4 cm³/mol. The Morgan fingerprint density at radius 1 is 1.00 bits per heavy atom. The summed E-state index contributed by atoms with van der Waals surface area (Å²) in [6.07, 6.45) is 1.83. The fraction of sp³-hybridized carbons (Fsp3) is 0.294. The van der Waals surface area contributed by atoms with Crippen molar-refractivity contribution in [2.45, 2.75) is 19.8 Å². The van der Waals surface area contributed by atoms with E-state index < -0.39 is 0 Å². The highest BCUT2D eigenvalue weighted by Gasteiger charge is 2.02. The highest BCUT2D eigenvalue weighted by atomic mass is 16.5. The summed E-state index contributed by atoms with van der Waals surface area (Å²) in [5, 5.41) is 0.